The number of nitrogen functional groups attached to an aromatic ring is 1. The number of nitrogens with two attached hydrogens (primary N) is 1. The molecule has 0 unspecified atom stereocenters. The molecule has 0 spiro atoms. The number of nitrogens with zero attached hydrogens (tertiary/aromatic N) is 1. The minimum atomic E-state index is -4.13. The molecule has 1 aromatic carbocycles. The average molecular weight is 385 g/mol. The SMILES string of the molecule is Nc1c(F)c(S(=O)(=O)NCc2ccno2)cc(Cl)c1Br. The van der Waals surface area contributed by atoms with Gasteiger partial charge in [-0.3, -0.25) is 0 Å². The molecular formula is C10H8BrClFN3O3S. The van der Waals surface area contributed by atoms with Gasteiger partial charge in [-0.15, -0.1) is 0 Å². The Labute approximate surface area is 127 Å². The van der Waals surface area contributed by atoms with E-state index in [-0.39, 0.29) is 27.5 Å². The maximum absolute atomic E-state index is 13.9. The molecule has 0 aliphatic heterocycles. The molecule has 0 saturated heterocycles. The molecule has 1 heterocycles. The molecule has 0 fully saturated rings. The molecule has 2 aromatic rings. The fourth-order valence-electron chi connectivity index (χ4n) is 1.37. The lowest BCUT2D eigenvalue weighted by Crippen LogP contribution is -2.24. The van der Waals surface area contributed by atoms with Gasteiger partial charge in [-0.2, -0.15) is 0 Å². The van der Waals surface area contributed by atoms with Crippen LogP contribution in [0.3, 0.4) is 0 Å². The van der Waals surface area contributed by atoms with Crippen LogP contribution in [0, 0.1) is 5.82 Å². The van der Waals surface area contributed by atoms with Crippen molar-refractivity contribution < 1.29 is 17.3 Å². The van der Waals surface area contributed by atoms with Gasteiger partial charge in [-0.25, -0.2) is 17.5 Å². The van der Waals surface area contributed by atoms with E-state index < -0.39 is 20.7 Å². The van der Waals surface area contributed by atoms with E-state index in [2.05, 4.69) is 25.8 Å². The Kier molecular flexibility index (Phi) is 4.33. The first-order valence-electron chi connectivity index (χ1n) is 5.15. The molecule has 3 N–H and O–H groups in total. The van der Waals surface area contributed by atoms with Gasteiger partial charge in [0.25, 0.3) is 0 Å². The Morgan fingerprint density at radius 3 is 2.85 bits per heavy atom. The standard InChI is InChI=1S/C10H8BrClFN3O3S/c11-8-6(12)3-7(9(13)10(8)14)20(17,18)16-4-5-1-2-15-19-5/h1-3,16H,4,14H2. The maximum atomic E-state index is 13.9. The van der Waals surface area contributed by atoms with Crippen LogP contribution in [0.25, 0.3) is 0 Å². The first-order valence-corrected chi connectivity index (χ1v) is 7.80. The number of rotatable bonds is 4. The van der Waals surface area contributed by atoms with Gasteiger partial charge < -0.3 is 10.3 Å². The second-order valence-corrected chi connectivity index (χ2v) is 6.64. The van der Waals surface area contributed by atoms with Gasteiger partial charge in [0, 0.05) is 6.07 Å². The van der Waals surface area contributed by atoms with Crippen molar-refractivity contribution in [3.05, 3.63) is 39.4 Å². The van der Waals surface area contributed by atoms with Gasteiger partial charge in [0.05, 0.1) is 27.9 Å². The van der Waals surface area contributed by atoms with Gasteiger partial charge in [0.1, 0.15) is 4.90 Å². The number of anilines is 1. The first kappa shape index (κ1) is 15.2. The summed E-state index contributed by atoms with van der Waals surface area (Å²) in [5.74, 6) is -0.795. The highest BCUT2D eigenvalue weighted by molar-refractivity contribution is 9.10. The van der Waals surface area contributed by atoms with E-state index in [0.717, 1.165) is 6.07 Å². The van der Waals surface area contributed by atoms with Crippen LogP contribution >= 0.6 is 27.5 Å². The summed E-state index contributed by atoms with van der Waals surface area (Å²) in [7, 11) is -4.13. The van der Waals surface area contributed by atoms with Crippen molar-refractivity contribution in [3.8, 4) is 0 Å². The Balaban J connectivity index is 2.35. The van der Waals surface area contributed by atoms with E-state index in [1.165, 1.54) is 12.3 Å². The summed E-state index contributed by atoms with van der Waals surface area (Å²) >= 11 is 8.75. The van der Waals surface area contributed by atoms with E-state index in [1.807, 2.05) is 0 Å². The van der Waals surface area contributed by atoms with Crippen LogP contribution in [-0.4, -0.2) is 13.6 Å². The lowest BCUT2D eigenvalue weighted by atomic mass is 10.3. The van der Waals surface area contributed by atoms with E-state index in [0.29, 0.717) is 0 Å². The van der Waals surface area contributed by atoms with Crippen LogP contribution in [0.4, 0.5) is 10.1 Å². The summed E-state index contributed by atoms with van der Waals surface area (Å²) in [6.45, 7) is -0.171. The molecular weight excluding hydrogens is 377 g/mol. The molecule has 0 radical (unpaired) electrons. The topological polar surface area (TPSA) is 98.2 Å². The summed E-state index contributed by atoms with van der Waals surface area (Å²) in [4.78, 5) is -0.636. The van der Waals surface area contributed by atoms with Crippen molar-refractivity contribution in [2.75, 3.05) is 5.73 Å². The second kappa shape index (κ2) is 5.68. The van der Waals surface area contributed by atoms with Crippen molar-refractivity contribution >= 4 is 43.2 Å². The van der Waals surface area contributed by atoms with Crippen molar-refractivity contribution in [2.45, 2.75) is 11.4 Å². The van der Waals surface area contributed by atoms with Gasteiger partial charge in [-0.05, 0) is 22.0 Å². The molecule has 10 heteroatoms. The summed E-state index contributed by atoms with van der Waals surface area (Å²) in [6, 6.07) is 2.45. The molecule has 0 bridgehead atoms. The monoisotopic (exact) mass is 383 g/mol. The van der Waals surface area contributed by atoms with Gasteiger partial charge in [0.2, 0.25) is 10.0 Å². The lowest BCUT2D eigenvalue weighted by Gasteiger charge is -2.10. The molecule has 0 aliphatic rings. The number of hydrogen-bond acceptors (Lipinski definition) is 5. The van der Waals surface area contributed by atoms with Crippen LogP contribution in [-0.2, 0) is 16.6 Å². The van der Waals surface area contributed by atoms with Crippen LogP contribution in [0.1, 0.15) is 5.76 Å². The molecule has 2 rings (SSSR count). The molecule has 0 amide bonds. The van der Waals surface area contributed by atoms with Crippen molar-refractivity contribution in [1.29, 1.82) is 0 Å². The number of hydrogen-bond donors (Lipinski definition) is 2. The van der Waals surface area contributed by atoms with Gasteiger partial charge in [-0.1, -0.05) is 16.8 Å². The maximum Gasteiger partial charge on any atom is 0.244 e. The zero-order chi connectivity index (χ0) is 14.9. The predicted molar refractivity (Wildman–Crippen MR) is 74.1 cm³/mol. The summed E-state index contributed by atoms with van der Waals surface area (Å²) in [6.07, 6.45) is 1.36. The Bertz CT molecular complexity index is 737. The molecule has 20 heavy (non-hydrogen) atoms. The first-order chi connectivity index (χ1) is 9.33. The third kappa shape index (κ3) is 2.95. The number of halogens is 3. The van der Waals surface area contributed by atoms with Crippen LogP contribution in [0.5, 0.6) is 0 Å². The molecule has 0 atom stereocenters. The third-order valence-corrected chi connectivity index (χ3v) is 5.16. The molecule has 0 aliphatic carbocycles. The molecule has 0 saturated carbocycles. The summed E-state index contributed by atoms with van der Waals surface area (Å²) in [5, 5.41) is 3.41. The normalized spacial score (nSPS) is 11.8. The fourth-order valence-corrected chi connectivity index (χ4v) is 3.04. The smallest absolute Gasteiger partial charge is 0.244 e. The highest BCUT2D eigenvalue weighted by Crippen LogP contribution is 2.34. The predicted octanol–water partition coefficient (Wildman–Crippen LogP) is 2.29. The Hall–Kier alpha value is -1.16. The van der Waals surface area contributed by atoms with E-state index >= 15 is 0 Å². The van der Waals surface area contributed by atoms with Crippen LogP contribution in [0.2, 0.25) is 5.02 Å². The van der Waals surface area contributed by atoms with Crippen LogP contribution in [0.15, 0.2) is 32.2 Å². The quantitative estimate of drug-likeness (QED) is 0.622. The minimum absolute atomic E-state index is 0.0102. The van der Waals surface area contributed by atoms with Gasteiger partial charge >= 0.3 is 0 Å². The Morgan fingerprint density at radius 2 is 2.25 bits per heavy atom. The second-order valence-electron chi connectivity index (χ2n) is 3.70. The zero-order valence-electron chi connectivity index (χ0n) is 9.73. The molecule has 6 nitrogen and oxygen atoms in total. The van der Waals surface area contributed by atoms with E-state index in [1.54, 1.807) is 0 Å². The molecule has 108 valence electrons. The molecule has 1 aromatic heterocycles. The lowest BCUT2D eigenvalue weighted by molar-refractivity contribution is 0.380. The van der Waals surface area contributed by atoms with Crippen LogP contribution < -0.4 is 10.5 Å². The number of nitrogens with one attached hydrogen (secondary N) is 1. The number of benzene rings is 1. The Morgan fingerprint density at radius 1 is 1.55 bits per heavy atom. The van der Waals surface area contributed by atoms with Crippen molar-refractivity contribution in [2.24, 2.45) is 0 Å². The van der Waals surface area contributed by atoms with Crippen molar-refractivity contribution in [3.63, 3.8) is 0 Å². The third-order valence-electron chi connectivity index (χ3n) is 2.37. The summed E-state index contributed by atoms with van der Waals surface area (Å²) in [5.41, 5.74) is 5.07. The highest BCUT2D eigenvalue weighted by Gasteiger charge is 2.24. The average Bonchev–Trinajstić information content (AvgIpc) is 2.91. The fraction of sp³-hybridized carbons (Fsp3) is 0.100. The summed E-state index contributed by atoms with van der Waals surface area (Å²) < 4.78 is 45.0. The number of aromatic nitrogens is 1. The minimum Gasteiger partial charge on any atom is -0.395 e. The van der Waals surface area contributed by atoms with E-state index in [9.17, 15) is 12.8 Å². The highest BCUT2D eigenvalue weighted by atomic mass is 79.9. The zero-order valence-corrected chi connectivity index (χ0v) is 12.9. The largest absolute Gasteiger partial charge is 0.395 e. The van der Waals surface area contributed by atoms with Gasteiger partial charge in [0.15, 0.2) is 11.6 Å². The number of sulfonamides is 1. The van der Waals surface area contributed by atoms with Crippen molar-refractivity contribution in [1.82, 2.24) is 9.88 Å². The van der Waals surface area contributed by atoms with E-state index in [4.69, 9.17) is 21.9 Å².